The molecule has 0 spiro atoms. The molecule has 1 amide bonds. The summed E-state index contributed by atoms with van der Waals surface area (Å²) in [6.45, 7) is 1.73. The molecule has 1 saturated heterocycles. The molecule has 0 aromatic heterocycles. The van der Waals surface area contributed by atoms with Crippen LogP contribution in [-0.2, 0) is 6.42 Å². The minimum Gasteiger partial charge on any atom is -0.338 e. The first-order valence-corrected chi connectivity index (χ1v) is 9.41. The zero-order valence-corrected chi connectivity index (χ0v) is 14.3. The molecule has 2 aliphatic heterocycles. The lowest BCUT2D eigenvalue weighted by Gasteiger charge is -2.16. The summed E-state index contributed by atoms with van der Waals surface area (Å²) < 4.78 is 0. The van der Waals surface area contributed by atoms with Crippen LogP contribution in [0.25, 0.3) is 0 Å². The van der Waals surface area contributed by atoms with Crippen LogP contribution in [0.15, 0.2) is 59.6 Å². The van der Waals surface area contributed by atoms with E-state index in [1.54, 1.807) is 0 Å². The number of fused-ring (bicyclic) bond motifs is 1. The number of hydrogen-bond donors (Lipinski definition) is 0. The first-order valence-electron chi connectivity index (χ1n) is 8.42. The van der Waals surface area contributed by atoms with Crippen molar-refractivity contribution in [1.82, 2.24) is 4.90 Å². The number of carbonyl (C=O) groups excluding carboxylic acids is 1. The second-order valence-electron chi connectivity index (χ2n) is 6.39. The fraction of sp³-hybridized carbons (Fsp3) is 0.300. The predicted octanol–water partition coefficient (Wildman–Crippen LogP) is 4.17. The third-order valence-corrected chi connectivity index (χ3v) is 5.86. The molecule has 0 unspecified atom stereocenters. The zero-order chi connectivity index (χ0) is 16.4. The molecule has 4 rings (SSSR count). The average molecular weight is 336 g/mol. The lowest BCUT2D eigenvalue weighted by molar-refractivity contribution is 0.0788. The number of amides is 1. The molecule has 0 saturated carbocycles. The standard InChI is InChI=1S/C20H20N2OS/c23-20(16-6-2-1-3-7-16)22-11-10-15(13-22)14-24-19-12-17-8-4-5-9-18(17)21-19/h1-9,15H,10-14H2/t15-/m0/s1. The van der Waals surface area contributed by atoms with Crippen LogP contribution in [0.3, 0.4) is 0 Å². The Hall–Kier alpha value is -2.07. The number of benzene rings is 2. The van der Waals surface area contributed by atoms with Crippen LogP contribution in [0.5, 0.6) is 0 Å². The third kappa shape index (κ3) is 3.24. The molecule has 4 heteroatoms. The van der Waals surface area contributed by atoms with Gasteiger partial charge in [0.1, 0.15) is 0 Å². The molecule has 2 aromatic rings. The summed E-state index contributed by atoms with van der Waals surface area (Å²) >= 11 is 1.86. The third-order valence-electron chi connectivity index (χ3n) is 4.66. The highest BCUT2D eigenvalue weighted by Gasteiger charge is 2.27. The largest absolute Gasteiger partial charge is 0.338 e. The van der Waals surface area contributed by atoms with Crippen LogP contribution in [0.1, 0.15) is 22.3 Å². The Morgan fingerprint density at radius 2 is 1.92 bits per heavy atom. The Labute approximate surface area is 146 Å². The van der Waals surface area contributed by atoms with E-state index in [0.29, 0.717) is 5.92 Å². The number of nitrogens with zero attached hydrogens (tertiary/aromatic N) is 2. The molecule has 0 aliphatic carbocycles. The maximum absolute atomic E-state index is 12.5. The molecule has 0 radical (unpaired) electrons. The van der Waals surface area contributed by atoms with Gasteiger partial charge in [0, 0.05) is 30.8 Å². The fourth-order valence-electron chi connectivity index (χ4n) is 3.32. The molecule has 1 atom stereocenters. The number of carbonyl (C=O) groups is 1. The summed E-state index contributed by atoms with van der Waals surface area (Å²) in [7, 11) is 0. The van der Waals surface area contributed by atoms with Crippen LogP contribution in [0.4, 0.5) is 5.69 Å². The smallest absolute Gasteiger partial charge is 0.253 e. The van der Waals surface area contributed by atoms with Crippen molar-refractivity contribution in [1.29, 1.82) is 0 Å². The minimum atomic E-state index is 0.161. The molecule has 3 nitrogen and oxygen atoms in total. The van der Waals surface area contributed by atoms with E-state index in [0.717, 1.165) is 42.9 Å². The average Bonchev–Trinajstić information content (AvgIpc) is 3.26. The SMILES string of the molecule is O=C(c1ccccc1)N1CC[C@H](CSC2=Nc3ccccc3C2)C1. The summed E-state index contributed by atoms with van der Waals surface area (Å²) in [6.07, 6.45) is 2.05. The van der Waals surface area contributed by atoms with E-state index in [-0.39, 0.29) is 5.91 Å². The van der Waals surface area contributed by atoms with Gasteiger partial charge in [-0.25, -0.2) is 4.99 Å². The highest BCUT2D eigenvalue weighted by Crippen LogP contribution is 2.31. The lowest BCUT2D eigenvalue weighted by atomic mass is 10.1. The quantitative estimate of drug-likeness (QED) is 0.843. The van der Waals surface area contributed by atoms with Crippen LogP contribution < -0.4 is 0 Å². The number of para-hydroxylation sites is 1. The molecule has 122 valence electrons. The Kier molecular flexibility index (Phi) is 4.39. The van der Waals surface area contributed by atoms with Gasteiger partial charge in [0.05, 0.1) is 10.7 Å². The topological polar surface area (TPSA) is 32.7 Å². The van der Waals surface area contributed by atoms with E-state index in [9.17, 15) is 4.79 Å². The maximum Gasteiger partial charge on any atom is 0.253 e. The number of hydrogen-bond acceptors (Lipinski definition) is 3. The van der Waals surface area contributed by atoms with E-state index in [1.807, 2.05) is 53.1 Å². The van der Waals surface area contributed by atoms with Gasteiger partial charge >= 0.3 is 0 Å². The predicted molar refractivity (Wildman–Crippen MR) is 100 cm³/mol. The Balaban J connectivity index is 1.30. The number of thioether (sulfide) groups is 1. The van der Waals surface area contributed by atoms with Crippen molar-refractivity contribution in [2.45, 2.75) is 12.8 Å². The fourth-order valence-corrected chi connectivity index (χ4v) is 4.44. The van der Waals surface area contributed by atoms with Gasteiger partial charge < -0.3 is 4.90 Å². The van der Waals surface area contributed by atoms with Crippen molar-refractivity contribution < 1.29 is 4.79 Å². The van der Waals surface area contributed by atoms with Crippen LogP contribution >= 0.6 is 11.8 Å². The molecule has 0 N–H and O–H groups in total. The van der Waals surface area contributed by atoms with Crippen molar-refractivity contribution >= 4 is 28.4 Å². The van der Waals surface area contributed by atoms with Crippen molar-refractivity contribution in [3.05, 3.63) is 65.7 Å². The van der Waals surface area contributed by atoms with Crippen molar-refractivity contribution in [2.75, 3.05) is 18.8 Å². The van der Waals surface area contributed by atoms with Gasteiger partial charge in [-0.1, -0.05) is 36.4 Å². The second-order valence-corrected chi connectivity index (χ2v) is 7.49. The zero-order valence-electron chi connectivity index (χ0n) is 13.5. The number of aliphatic imine (C=N–C) groups is 1. The van der Waals surface area contributed by atoms with Crippen molar-refractivity contribution in [2.24, 2.45) is 10.9 Å². The maximum atomic E-state index is 12.5. The van der Waals surface area contributed by atoms with Gasteiger partial charge in [0.15, 0.2) is 0 Å². The number of likely N-dealkylation sites (tertiary alicyclic amines) is 1. The summed E-state index contributed by atoms with van der Waals surface area (Å²) in [6, 6.07) is 17.9. The van der Waals surface area contributed by atoms with Gasteiger partial charge in [0.2, 0.25) is 0 Å². The summed E-state index contributed by atoms with van der Waals surface area (Å²) in [5.74, 6) is 1.77. The molecule has 0 bridgehead atoms. The molecule has 2 aromatic carbocycles. The van der Waals surface area contributed by atoms with Crippen molar-refractivity contribution in [3.8, 4) is 0 Å². The highest BCUT2D eigenvalue weighted by atomic mass is 32.2. The van der Waals surface area contributed by atoms with E-state index in [2.05, 4.69) is 18.2 Å². The molecule has 2 heterocycles. The Morgan fingerprint density at radius 1 is 1.12 bits per heavy atom. The highest BCUT2D eigenvalue weighted by molar-refractivity contribution is 8.14. The second kappa shape index (κ2) is 6.81. The molecule has 24 heavy (non-hydrogen) atoms. The summed E-state index contributed by atoms with van der Waals surface area (Å²) in [4.78, 5) is 19.2. The van der Waals surface area contributed by atoms with Crippen LogP contribution in [-0.4, -0.2) is 34.7 Å². The van der Waals surface area contributed by atoms with Crippen molar-refractivity contribution in [3.63, 3.8) is 0 Å². The molecular weight excluding hydrogens is 316 g/mol. The van der Waals surface area contributed by atoms with Gasteiger partial charge in [0.25, 0.3) is 5.91 Å². The Morgan fingerprint density at radius 3 is 2.75 bits per heavy atom. The molecule has 2 aliphatic rings. The molecule has 1 fully saturated rings. The van der Waals surface area contributed by atoms with Gasteiger partial charge in [-0.3, -0.25) is 4.79 Å². The van der Waals surface area contributed by atoms with E-state index < -0.39 is 0 Å². The number of rotatable bonds is 3. The van der Waals surface area contributed by atoms with Gasteiger partial charge in [-0.05, 0) is 36.1 Å². The van der Waals surface area contributed by atoms with Crippen LogP contribution in [0, 0.1) is 5.92 Å². The monoisotopic (exact) mass is 336 g/mol. The van der Waals surface area contributed by atoms with E-state index in [1.165, 1.54) is 10.6 Å². The van der Waals surface area contributed by atoms with E-state index >= 15 is 0 Å². The lowest BCUT2D eigenvalue weighted by Crippen LogP contribution is -2.28. The Bertz CT molecular complexity index is 772. The normalized spacial score (nSPS) is 19.2. The minimum absolute atomic E-state index is 0.161. The van der Waals surface area contributed by atoms with Crippen LogP contribution in [0.2, 0.25) is 0 Å². The summed E-state index contributed by atoms with van der Waals surface area (Å²) in [5, 5.41) is 1.21. The van der Waals surface area contributed by atoms with Gasteiger partial charge in [-0.15, -0.1) is 11.8 Å². The first-order chi connectivity index (χ1) is 11.8. The summed E-state index contributed by atoms with van der Waals surface area (Å²) in [5.41, 5.74) is 3.24. The van der Waals surface area contributed by atoms with Gasteiger partial charge in [-0.2, -0.15) is 0 Å². The molecular formula is C20H20N2OS. The first kappa shape index (κ1) is 15.5. The van der Waals surface area contributed by atoms with E-state index in [4.69, 9.17) is 4.99 Å².